The van der Waals surface area contributed by atoms with E-state index < -0.39 is 30.1 Å². The van der Waals surface area contributed by atoms with Crippen LogP contribution in [0.15, 0.2) is 23.8 Å². The topological polar surface area (TPSA) is 167 Å². The van der Waals surface area contributed by atoms with Gasteiger partial charge in [-0.1, -0.05) is 0 Å². The molecule has 5 N–H and O–H groups in total. The minimum Gasteiger partial charge on any atom is -0.390 e. The number of fused-ring (bicyclic) bond motifs is 1. The summed E-state index contributed by atoms with van der Waals surface area (Å²) in [5, 5.41) is 33.9. The van der Waals surface area contributed by atoms with Gasteiger partial charge in [-0.05, 0) is 32.3 Å². The molecule has 14 heteroatoms. The number of carbonyl (C=O) groups excluding carboxylic acids is 1. The first kappa shape index (κ1) is 26.9. The molecule has 6 rings (SSSR count). The van der Waals surface area contributed by atoms with Crippen molar-refractivity contribution in [2.45, 2.75) is 50.4 Å². The zero-order chi connectivity index (χ0) is 27.8. The fourth-order valence-corrected chi connectivity index (χ4v) is 6.61. The molecule has 0 aliphatic heterocycles. The van der Waals surface area contributed by atoms with Gasteiger partial charge in [-0.25, -0.2) is 15.0 Å². The Morgan fingerprint density at radius 3 is 2.75 bits per heavy atom. The molecule has 0 unspecified atom stereocenters. The van der Waals surface area contributed by atoms with Crippen LogP contribution in [-0.2, 0) is 9.53 Å². The highest BCUT2D eigenvalue weighted by Crippen LogP contribution is 2.44. The number of aryl methyl sites for hydroxylation is 1. The van der Waals surface area contributed by atoms with Crippen LogP contribution in [0, 0.1) is 12.8 Å². The van der Waals surface area contributed by atoms with Crippen LogP contribution in [0.2, 0.25) is 0 Å². The predicted octanol–water partition coefficient (Wildman–Crippen LogP) is 3.01. The van der Waals surface area contributed by atoms with E-state index >= 15 is 0 Å². The van der Waals surface area contributed by atoms with Gasteiger partial charge in [0.05, 0.1) is 46.3 Å². The normalized spacial score (nSPS) is 22.5. The average Bonchev–Trinajstić information content (AvgIpc) is 3.35. The summed E-state index contributed by atoms with van der Waals surface area (Å²) in [5.74, 6) is 0.0938. The van der Waals surface area contributed by atoms with Gasteiger partial charge in [0.2, 0.25) is 11.9 Å². The molecule has 0 spiro atoms. The standard InChI is InChI=1S/C26H30N8O4S2/c1-12-17(24-32-19-16(40-24)5-6-27-18(19)13-3-4-13)22(33-25(30-12)28-7-9-38-2)31-15-11-14(20(35)21(15)36)23(37)34-26-29-8-10-39-26/h5-6,8,10,13-15,20-21,35-36H,3-4,7,9,11H2,1-2H3,(H,29,34,37)(H2,28,30,31,33)/t14-,15+,20+,21-/m0/s1. The molecule has 4 aromatic rings. The van der Waals surface area contributed by atoms with Gasteiger partial charge in [0.25, 0.3) is 0 Å². The molecule has 210 valence electrons. The summed E-state index contributed by atoms with van der Waals surface area (Å²) in [6, 6.07) is 1.33. The van der Waals surface area contributed by atoms with Crippen molar-refractivity contribution in [3.8, 4) is 10.6 Å². The predicted molar refractivity (Wildman–Crippen MR) is 154 cm³/mol. The number of thiazole rings is 2. The zero-order valence-corrected chi connectivity index (χ0v) is 23.6. The summed E-state index contributed by atoms with van der Waals surface area (Å²) in [4.78, 5) is 36.0. The summed E-state index contributed by atoms with van der Waals surface area (Å²) < 4.78 is 6.18. The molecule has 4 atom stereocenters. The lowest BCUT2D eigenvalue weighted by atomic mass is 10.1. The largest absolute Gasteiger partial charge is 0.390 e. The maximum Gasteiger partial charge on any atom is 0.232 e. The second-order valence-corrected chi connectivity index (χ2v) is 11.9. The molecule has 2 fully saturated rings. The Labute approximate surface area is 238 Å². The van der Waals surface area contributed by atoms with E-state index in [4.69, 9.17) is 14.7 Å². The number of pyridine rings is 1. The van der Waals surface area contributed by atoms with Crippen LogP contribution in [0.3, 0.4) is 0 Å². The van der Waals surface area contributed by atoms with Gasteiger partial charge in [-0.2, -0.15) is 4.98 Å². The van der Waals surface area contributed by atoms with Crippen molar-refractivity contribution in [3.05, 3.63) is 35.2 Å². The Hall–Kier alpha value is -3.30. The van der Waals surface area contributed by atoms with Crippen molar-refractivity contribution >= 4 is 55.7 Å². The van der Waals surface area contributed by atoms with E-state index in [1.165, 1.54) is 22.7 Å². The number of nitrogens with zero attached hydrogens (tertiary/aromatic N) is 5. The summed E-state index contributed by atoms with van der Waals surface area (Å²) in [6.45, 7) is 2.88. The van der Waals surface area contributed by atoms with Crippen LogP contribution in [0.1, 0.15) is 36.6 Å². The van der Waals surface area contributed by atoms with Crippen LogP contribution < -0.4 is 16.0 Å². The number of hydrogen-bond acceptors (Lipinski definition) is 13. The number of aliphatic hydroxyl groups is 2. The number of aliphatic hydroxyl groups excluding tert-OH is 2. The van der Waals surface area contributed by atoms with Gasteiger partial charge in [0, 0.05) is 37.3 Å². The molecule has 4 aromatic heterocycles. The van der Waals surface area contributed by atoms with E-state index in [0.29, 0.717) is 47.2 Å². The third kappa shape index (κ3) is 5.37. The smallest absolute Gasteiger partial charge is 0.232 e. The lowest BCUT2D eigenvalue weighted by molar-refractivity contribution is -0.123. The maximum atomic E-state index is 12.9. The molecule has 2 aliphatic rings. The first-order valence-electron chi connectivity index (χ1n) is 13.1. The van der Waals surface area contributed by atoms with Crippen molar-refractivity contribution in [3.63, 3.8) is 0 Å². The number of ether oxygens (including phenoxy) is 1. The first-order valence-corrected chi connectivity index (χ1v) is 14.8. The first-order chi connectivity index (χ1) is 19.4. The number of amides is 1. The Morgan fingerprint density at radius 1 is 1.15 bits per heavy atom. The van der Waals surface area contributed by atoms with Gasteiger partial charge >= 0.3 is 0 Å². The van der Waals surface area contributed by atoms with E-state index in [1.54, 1.807) is 18.7 Å². The zero-order valence-electron chi connectivity index (χ0n) is 22.0. The third-order valence-corrected chi connectivity index (χ3v) is 8.92. The second kappa shape index (κ2) is 11.3. The number of anilines is 3. The maximum absolute atomic E-state index is 12.9. The molecule has 4 heterocycles. The number of methoxy groups -OCH3 is 1. The molecule has 0 aromatic carbocycles. The minimum absolute atomic E-state index is 0.198. The van der Waals surface area contributed by atoms with Crippen LogP contribution in [0.4, 0.5) is 16.9 Å². The third-order valence-electron chi connectivity index (χ3n) is 7.20. The van der Waals surface area contributed by atoms with Gasteiger partial charge in [-0.3, -0.25) is 9.78 Å². The molecule has 1 amide bonds. The molecule has 40 heavy (non-hydrogen) atoms. The molecule has 0 radical (unpaired) electrons. The number of aromatic nitrogens is 5. The SMILES string of the molecule is COCCNc1nc(C)c(-c2nc3c(C4CC4)nccc3s2)c(N[C@@H]2C[C@H](C(=O)Nc3nccs3)[C@@H](O)[C@H]2O)n1. The molecule has 12 nitrogen and oxygen atoms in total. The van der Waals surface area contributed by atoms with Crippen LogP contribution in [0.5, 0.6) is 0 Å². The molecule has 2 aliphatic carbocycles. The Balaban J connectivity index is 1.32. The number of nitrogens with one attached hydrogen (secondary N) is 3. The summed E-state index contributed by atoms with van der Waals surface area (Å²) in [6.07, 6.45) is 3.41. The van der Waals surface area contributed by atoms with E-state index in [2.05, 4.69) is 30.9 Å². The van der Waals surface area contributed by atoms with Crippen LogP contribution in [-0.4, -0.2) is 79.6 Å². The lowest BCUT2D eigenvalue weighted by Crippen LogP contribution is -2.37. The lowest BCUT2D eigenvalue weighted by Gasteiger charge is -2.21. The van der Waals surface area contributed by atoms with Crippen molar-refractivity contribution in [2.75, 3.05) is 36.2 Å². The highest BCUT2D eigenvalue weighted by molar-refractivity contribution is 7.21. The average molecular weight is 583 g/mol. The number of carbonyl (C=O) groups is 1. The Kier molecular flexibility index (Phi) is 7.59. The summed E-state index contributed by atoms with van der Waals surface area (Å²) >= 11 is 2.83. The highest BCUT2D eigenvalue weighted by Gasteiger charge is 2.45. The molecule has 0 saturated heterocycles. The van der Waals surface area contributed by atoms with Crippen molar-refractivity contribution in [1.82, 2.24) is 24.9 Å². The van der Waals surface area contributed by atoms with Gasteiger partial charge in [-0.15, -0.1) is 22.7 Å². The summed E-state index contributed by atoms with van der Waals surface area (Å²) in [7, 11) is 1.62. The molecule has 2 saturated carbocycles. The fraction of sp³-hybridized carbons (Fsp3) is 0.462. The van der Waals surface area contributed by atoms with Gasteiger partial charge < -0.3 is 30.9 Å². The van der Waals surface area contributed by atoms with Gasteiger partial charge in [0.1, 0.15) is 22.4 Å². The number of hydrogen-bond donors (Lipinski definition) is 5. The quantitative estimate of drug-likeness (QED) is 0.174. The van der Waals surface area contributed by atoms with E-state index in [1.807, 2.05) is 19.2 Å². The Morgan fingerprint density at radius 2 is 2.00 bits per heavy atom. The van der Waals surface area contributed by atoms with E-state index in [-0.39, 0.29) is 6.42 Å². The minimum atomic E-state index is -1.25. The number of rotatable bonds is 10. The molecule has 0 bridgehead atoms. The molecular weight excluding hydrogens is 552 g/mol. The van der Waals surface area contributed by atoms with E-state index in [9.17, 15) is 15.0 Å². The van der Waals surface area contributed by atoms with Crippen LogP contribution in [0.25, 0.3) is 20.8 Å². The van der Waals surface area contributed by atoms with Gasteiger partial charge in [0.15, 0.2) is 5.13 Å². The summed E-state index contributed by atoms with van der Waals surface area (Å²) in [5.41, 5.74) is 3.32. The van der Waals surface area contributed by atoms with E-state index in [0.717, 1.165) is 33.8 Å². The van der Waals surface area contributed by atoms with Crippen molar-refractivity contribution < 1.29 is 19.7 Å². The second-order valence-electron chi connectivity index (χ2n) is 10.0. The van der Waals surface area contributed by atoms with Crippen molar-refractivity contribution in [2.24, 2.45) is 5.92 Å². The Bertz CT molecular complexity index is 1510. The highest BCUT2D eigenvalue weighted by atomic mass is 32.1. The van der Waals surface area contributed by atoms with Crippen LogP contribution >= 0.6 is 22.7 Å². The van der Waals surface area contributed by atoms with Crippen molar-refractivity contribution in [1.29, 1.82) is 0 Å². The molecular formula is C26H30N8O4S2. The monoisotopic (exact) mass is 582 g/mol. The fourth-order valence-electron chi connectivity index (χ4n) is 5.01.